The highest BCUT2D eigenvalue weighted by atomic mass is 16.5. The number of aliphatic hydroxyl groups excluding tert-OH is 1. The van der Waals surface area contributed by atoms with Crippen LogP contribution < -0.4 is 53.2 Å². The molecule has 0 aromatic heterocycles. The van der Waals surface area contributed by atoms with Gasteiger partial charge in [0, 0.05) is 46.8 Å². The molecule has 1 heterocycles. The van der Waals surface area contributed by atoms with E-state index in [9.17, 15) is 87.9 Å². The summed E-state index contributed by atoms with van der Waals surface area (Å²) in [6.07, 6.45) is 6.38. The van der Waals surface area contributed by atoms with Crippen molar-refractivity contribution >= 4 is 82.8 Å². The molecule has 7 atom stereocenters. The Morgan fingerprint density at radius 3 is 1.53 bits per heavy atom. The third-order valence-corrected chi connectivity index (χ3v) is 12.4. The van der Waals surface area contributed by atoms with Gasteiger partial charge in [0.15, 0.2) is 0 Å². The molecule has 14 N–H and O–H groups in total. The zero-order valence-corrected chi connectivity index (χ0v) is 48.2. The summed E-state index contributed by atoms with van der Waals surface area (Å²) in [4.78, 5) is 183. The van der Waals surface area contributed by atoms with Gasteiger partial charge in [0.1, 0.15) is 55.4 Å². The van der Waals surface area contributed by atoms with E-state index in [2.05, 4.69) is 60.1 Å². The monoisotopic (exact) mass is 1180 g/mol. The van der Waals surface area contributed by atoms with E-state index in [0.717, 1.165) is 46.5 Å². The Bertz CT molecular complexity index is 2270. The summed E-state index contributed by atoms with van der Waals surface area (Å²) in [6.45, 7) is 3.95. The van der Waals surface area contributed by atoms with Crippen LogP contribution in [-0.2, 0) is 71.9 Å². The number of nitrogens with one attached hydrogen (secondary N) is 10. The number of allylic oxidation sites excluding steroid dienone is 1. The first-order valence-electron chi connectivity index (χ1n) is 27.4. The van der Waals surface area contributed by atoms with Crippen LogP contribution >= 0.6 is 0 Å². The molecule has 0 bridgehead atoms. The average Bonchev–Trinajstić information content (AvgIpc) is 3.46. The van der Waals surface area contributed by atoms with Crippen LogP contribution in [-0.4, -0.2) is 213 Å². The van der Waals surface area contributed by atoms with Gasteiger partial charge in [-0.15, -0.1) is 0 Å². The Kier molecular flexibility index (Phi) is 34.9. The second-order valence-electron chi connectivity index (χ2n) is 19.8. The van der Waals surface area contributed by atoms with Gasteiger partial charge in [0.25, 0.3) is 0 Å². The second-order valence-corrected chi connectivity index (χ2v) is 19.8. The molecule has 1 aliphatic rings. The number of esters is 1. The van der Waals surface area contributed by atoms with Crippen molar-refractivity contribution in [3.8, 4) is 0 Å². The van der Waals surface area contributed by atoms with Crippen LogP contribution in [0.3, 0.4) is 0 Å². The van der Waals surface area contributed by atoms with Crippen molar-refractivity contribution in [2.24, 2.45) is 5.92 Å². The quantitative estimate of drug-likeness (QED) is 0.0161. The van der Waals surface area contributed by atoms with E-state index in [1.807, 2.05) is 0 Å². The third kappa shape index (κ3) is 30.2. The lowest BCUT2D eigenvalue weighted by molar-refractivity contribution is -0.163. The summed E-state index contributed by atoms with van der Waals surface area (Å²) in [5.41, 5.74) is 0. The van der Waals surface area contributed by atoms with E-state index in [1.165, 1.54) is 20.8 Å². The molecule has 1 saturated heterocycles. The first-order chi connectivity index (χ1) is 39.1. The van der Waals surface area contributed by atoms with Gasteiger partial charge in [-0.2, -0.15) is 0 Å². The Balaban J connectivity index is 3.79. The molecule has 0 spiro atoms. The fourth-order valence-electron chi connectivity index (χ4n) is 7.55. The molecule has 0 aromatic carbocycles. The second kappa shape index (κ2) is 39.6. The lowest BCUT2D eigenvalue weighted by Crippen LogP contribution is -2.60. The van der Waals surface area contributed by atoms with Crippen LogP contribution in [0.1, 0.15) is 126 Å². The number of carbonyl (C=O) groups excluding carboxylic acids is 14. The fraction of sp³-hybridized carbons (Fsp3) is 0.686. The number of hydrogen-bond acceptors (Lipinski definition) is 19. The predicted molar refractivity (Wildman–Crippen MR) is 289 cm³/mol. The van der Waals surface area contributed by atoms with Crippen LogP contribution in [0.25, 0.3) is 0 Å². The fourth-order valence-corrected chi connectivity index (χ4v) is 7.55. The molecule has 468 valence electrons. The minimum Gasteiger partial charge on any atom is -0.462 e. The van der Waals surface area contributed by atoms with Gasteiger partial charge in [-0.05, 0) is 64.2 Å². The number of hydroxylamine groups is 6. The molecule has 1 aliphatic heterocycles. The van der Waals surface area contributed by atoms with Crippen LogP contribution in [0, 0.1) is 5.92 Å². The Morgan fingerprint density at radius 1 is 0.566 bits per heavy atom. The normalized spacial score (nSPS) is 21.9. The molecule has 0 aliphatic carbocycles. The molecule has 32 nitrogen and oxygen atoms in total. The first-order valence-corrected chi connectivity index (χ1v) is 27.4. The average molecular weight is 1180 g/mol. The van der Waals surface area contributed by atoms with E-state index in [0.29, 0.717) is 21.6 Å². The number of ether oxygens (including phenoxy) is 1. The highest BCUT2D eigenvalue weighted by Crippen LogP contribution is 2.08. The van der Waals surface area contributed by atoms with Crippen LogP contribution in [0.15, 0.2) is 12.2 Å². The van der Waals surface area contributed by atoms with Gasteiger partial charge in [-0.25, -0.2) is 15.2 Å². The third-order valence-electron chi connectivity index (χ3n) is 12.4. The summed E-state index contributed by atoms with van der Waals surface area (Å²) >= 11 is 0. The van der Waals surface area contributed by atoms with E-state index < -0.39 is 164 Å². The van der Waals surface area contributed by atoms with Crippen LogP contribution in [0.4, 0.5) is 0 Å². The van der Waals surface area contributed by atoms with Crippen molar-refractivity contribution in [3.05, 3.63) is 12.2 Å². The van der Waals surface area contributed by atoms with Gasteiger partial charge in [0.2, 0.25) is 76.8 Å². The molecule has 0 radical (unpaired) electrons. The molecule has 32 heteroatoms. The predicted octanol–water partition coefficient (Wildman–Crippen LogP) is -4.08. The number of amides is 13. The van der Waals surface area contributed by atoms with E-state index in [1.54, 1.807) is 12.2 Å². The molecule has 83 heavy (non-hydrogen) atoms. The SMILES string of the molecule is CCCCCC/C=C/CC(=O)N[C@@H]1COC(=O)CNC(=O)C(CCCN(O)C(C)=O)NC(=O)CNC(=O)[C@@H](C)NC(=O)C(CCCN(O)C(C)=O)NC(=O)[C@@H](CO)NC(=O)[C@@H](C(C)C)NC(=O)CNC(=O)C(CCCN(O)C(C)=O)NC1=O. The van der Waals surface area contributed by atoms with Gasteiger partial charge >= 0.3 is 5.97 Å². The molecule has 1 fully saturated rings. The van der Waals surface area contributed by atoms with E-state index in [-0.39, 0.29) is 64.6 Å². The zero-order chi connectivity index (χ0) is 62.8. The topological polar surface area (TPSA) is 459 Å². The standard InChI is InChI=1S/C51H85N13O19/c1-8-9-10-11-12-13-14-21-40(69)57-39-29-83-43(72)27-54-46(74)35(18-15-22-62(80)32(5)66)56-41(70)25-52-45(73)31(4)55-48(76)37(20-17-24-64(82)34(7)68)59-49(77)38(28-65)60-51(79)44(30(2)3)61-42(71)26-53-47(75)36(58-50(39)78)19-16-23-63(81)33(6)67/h13-14,30-31,35-39,44,65,80-82H,8-12,15-29H2,1-7H3,(H,52,73)(H,53,75)(H,54,74)(H,55,76)(H,56,70)(H,57,69)(H,58,78)(H,59,77)(H,60,79)(H,61,71)/b14-13+/t31-,35?,36?,37?,38-,39-,44-/m1/s1. The molecule has 0 aromatic rings. The summed E-state index contributed by atoms with van der Waals surface area (Å²) in [5.74, 6) is -14.1. The van der Waals surface area contributed by atoms with Crippen molar-refractivity contribution in [1.29, 1.82) is 0 Å². The van der Waals surface area contributed by atoms with Gasteiger partial charge in [0.05, 0.1) is 19.7 Å². The molecular weight excluding hydrogens is 1100 g/mol. The molecule has 0 saturated carbocycles. The number of hydrogen-bond donors (Lipinski definition) is 14. The maximum absolute atomic E-state index is 14.0. The van der Waals surface area contributed by atoms with E-state index in [4.69, 9.17) is 4.74 Å². The van der Waals surface area contributed by atoms with Crippen molar-refractivity contribution in [2.75, 3.05) is 52.5 Å². The largest absolute Gasteiger partial charge is 0.462 e. The Labute approximate surface area is 480 Å². The summed E-state index contributed by atoms with van der Waals surface area (Å²) < 4.78 is 5.29. The van der Waals surface area contributed by atoms with Gasteiger partial charge < -0.3 is 63.0 Å². The molecule has 3 unspecified atom stereocenters. The minimum absolute atomic E-state index is 0.104. The number of rotatable bonds is 22. The van der Waals surface area contributed by atoms with Crippen molar-refractivity contribution in [2.45, 2.75) is 168 Å². The first kappa shape index (κ1) is 73.2. The summed E-state index contributed by atoms with van der Waals surface area (Å²) in [7, 11) is 0. The Morgan fingerprint density at radius 2 is 1.02 bits per heavy atom. The molecule has 13 amide bonds. The van der Waals surface area contributed by atoms with Crippen molar-refractivity contribution in [3.63, 3.8) is 0 Å². The number of aliphatic hydroxyl groups is 1. The zero-order valence-electron chi connectivity index (χ0n) is 48.2. The highest BCUT2D eigenvalue weighted by molar-refractivity contribution is 5.98. The highest BCUT2D eigenvalue weighted by Gasteiger charge is 2.34. The lowest BCUT2D eigenvalue weighted by atomic mass is 10.0. The van der Waals surface area contributed by atoms with Gasteiger partial charge in [-0.3, -0.25) is 82.7 Å². The van der Waals surface area contributed by atoms with Crippen molar-refractivity contribution in [1.82, 2.24) is 68.4 Å². The van der Waals surface area contributed by atoms with Crippen LogP contribution in [0.2, 0.25) is 0 Å². The van der Waals surface area contributed by atoms with Gasteiger partial charge in [-0.1, -0.05) is 52.2 Å². The smallest absolute Gasteiger partial charge is 0.325 e. The maximum Gasteiger partial charge on any atom is 0.325 e. The lowest BCUT2D eigenvalue weighted by Gasteiger charge is -2.27. The number of nitrogens with zero attached hydrogens (tertiary/aromatic N) is 3. The molecular formula is C51H85N13O19. The van der Waals surface area contributed by atoms with Crippen molar-refractivity contribution < 1.29 is 92.6 Å². The minimum atomic E-state index is -1.79. The van der Waals surface area contributed by atoms with Crippen LogP contribution in [0.5, 0.6) is 0 Å². The van der Waals surface area contributed by atoms with E-state index >= 15 is 0 Å². The summed E-state index contributed by atoms with van der Waals surface area (Å²) in [5, 5.41) is 64.6. The Hall–Kier alpha value is -7.84. The molecule has 1 rings (SSSR count). The number of unbranched alkanes of at least 4 members (excludes halogenated alkanes) is 4. The maximum atomic E-state index is 14.0. The summed E-state index contributed by atoms with van der Waals surface area (Å²) in [6, 6.07) is -11.0. The number of cyclic esters (lactones) is 1. The number of carbonyl (C=O) groups is 14.